The minimum atomic E-state index is -3.18. The lowest BCUT2D eigenvalue weighted by atomic mass is 10.4. The molecule has 100 valence electrons. The molecule has 1 fully saturated rings. The SMILES string of the molecule is CS(=O)(=O)N1CCN(C(=O)Nc2ccon2)CC1. The largest absolute Gasteiger partial charge is 0.363 e. The van der Waals surface area contributed by atoms with Crippen LogP contribution in [0.5, 0.6) is 0 Å². The molecule has 1 saturated heterocycles. The summed E-state index contributed by atoms with van der Waals surface area (Å²) < 4.78 is 28.6. The van der Waals surface area contributed by atoms with Crippen molar-refractivity contribution in [2.45, 2.75) is 0 Å². The van der Waals surface area contributed by atoms with Gasteiger partial charge in [-0.3, -0.25) is 5.32 Å². The van der Waals surface area contributed by atoms with Crippen molar-refractivity contribution in [3.05, 3.63) is 12.3 Å². The molecule has 0 aliphatic carbocycles. The Bertz CT molecular complexity index is 505. The number of hydrogen-bond donors (Lipinski definition) is 1. The Kier molecular flexibility index (Phi) is 3.53. The molecule has 1 N–H and O–H groups in total. The second-order valence-electron chi connectivity index (χ2n) is 3.96. The number of rotatable bonds is 2. The van der Waals surface area contributed by atoms with Crippen LogP contribution in [0, 0.1) is 0 Å². The monoisotopic (exact) mass is 274 g/mol. The number of nitrogens with zero attached hydrogens (tertiary/aromatic N) is 3. The maximum Gasteiger partial charge on any atom is 0.323 e. The standard InChI is InChI=1S/C9H14N4O4S/c1-18(15,16)13-5-3-12(4-6-13)9(14)10-8-2-7-17-11-8/h2,7H,3-6H2,1H3,(H,10,11,14). The fraction of sp³-hybridized carbons (Fsp3) is 0.556. The molecule has 0 radical (unpaired) electrons. The van der Waals surface area contributed by atoms with Crippen LogP contribution >= 0.6 is 0 Å². The summed E-state index contributed by atoms with van der Waals surface area (Å²) in [5, 5.41) is 6.12. The van der Waals surface area contributed by atoms with Crippen molar-refractivity contribution in [3.8, 4) is 0 Å². The third-order valence-corrected chi connectivity index (χ3v) is 3.97. The van der Waals surface area contributed by atoms with Crippen molar-refractivity contribution in [3.63, 3.8) is 0 Å². The number of aromatic nitrogens is 1. The van der Waals surface area contributed by atoms with Gasteiger partial charge >= 0.3 is 6.03 Å². The summed E-state index contributed by atoms with van der Waals surface area (Å²) in [5.74, 6) is 0.338. The quantitative estimate of drug-likeness (QED) is 0.804. The zero-order valence-corrected chi connectivity index (χ0v) is 10.7. The highest BCUT2D eigenvalue weighted by Crippen LogP contribution is 2.08. The van der Waals surface area contributed by atoms with Crippen molar-refractivity contribution >= 4 is 21.9 Å². The zero-order valence-electron chi connectivity index (χ0n) is 9.87. The van der Waals surface area contributed by atoms with Gasteiger partial charge in [-0.05, 0) is 0 Å². The average Bonchev–Trinajstić information content (AvgIpc) is 2.81. The summed E-state index contributed by atoms with van der Waals surface area (Å²) in [5.41, 5.74) is 0. The Labute approximate surface area is 105 Å². The van der Waals surface area contributed by atoms with E-state index in [9.17, 15) is 13.2 Å². The molecule has 0 atom stereocenters. The predicted molar refractivity (Wildman–Crippen MR) is 63.5 cm³/mol. The molecule has 0 saturated carbocycles. The van der Waals surface area contributed by atoms with Crippen molar-refractivity contribution in [1.82, 2.24) is 14.4 Å². The first-order chi connectivity index (χ1) is 8.47. The third-order valence-electron chi connectivity index (χ3n) is 2.67. The van der Waals surface area contributed by atoms with Gasteiger partial charge in [0.1, 0.15) is 6.26 Å². The number of nitrogens with one attached hydrogen (secondary N) is 1. The molecule has 18 heavy (non-hydrogen) atoms. The van der Waals surface area contributed by atoms with Gasteiger partial charge in [0.15, 0.2) is 5.82 Å². The highest BCUT2D eigenvalue weighted by molar-refractivity contribution is 7.88. The lowest BCUT2D eigenvalue weighted by Gasteiger charge is -2.32. The number of sulfonamides is 1. The summed E-state index contributed by atoms with van der Waals surface area (Å²) >= 11 is 0. The molecule has 0 aromatic carbocycles. The Morgan fingerprint density at radius 3 is 2.56 bits per heavy atom. The fourth-order valence-corrected chi connectivity index (χ4v) is 2.52. The van der Waals surface area contributed by atoms with E-state index in [1.165, 1.54) is 21.5 Å². The molecule has 8 nitrogen and oxygen atoms in total. The number of urea groups is 1. The fourth-order valence-electron chi connectivity index (χ4n) is 1.69. The topological polar surface area (TPSA) is 95.8 Å². The molecule has 2 amide bonds. The van der Waals surface area contributed by atoms with Crippen LogP contribution in [-0.4, -0.2) is 61.2 Å². The summed E-state index contributed by atoms with van der Waals surface area (Å²) in [7, 11) is -3.18. The van der Waals surface area contributed by atoms with Crippen molar-refractivity contribution in [1.29, 1.82) is 0 Å². The maximum atomic E-state index is 11.8. The van der Waals surface area contributed by atoms with Crippen LogP contribution in [0.1, 0.15) is 0 Å². The van der Waals surface area contributed by atoms with Gasteiger partial charge in [0.05, 0.1) is 6.26 Å². The Balaban J connectivity index is 1.88. The lowest BCUT2D eigenvalue weighted by Crippen LogP contribution is -2.51. The van der Waals surface area contributed by atoms with Crippen molar-refractivity contribution in [2.75, 3.05) is 37.8 Å². The van der Waals surface area contributed by atoms with Crippen LogP contribution in [0.2, 0.25) is 0 Å². The van der Waals surface area contributed by atoms with Crippen LogP contribution in [0.4, 0.5) is 10.6 Å². The second kappa shape index (κ2) is 4.94. The van der Waals surface area contributed by atoms with Gasteiger partial charge in [0.25, 0.3) is 0 Å². The molecular weight excluding hydrogens is 260 g/mol. The molecule has 0 spiro atoms. The van der Waals surface area contributed by atoms with Gasteiger partial charge in [-0.25, -0.2) is 13.2 Å². The lowest BCUT2D eigenvalue weighted by molar-refractivity contribution is 0.184. The summed E-state index contributed by atoms with van der Waals surface area (Å²) in [6, 6.07) is 1.22. The second-order valence-corrected chi connectivity index (χ2v) is 5.95. The van der Waals surface area contributed by atoms with Gasteiger partial charge in [0, 0.05) is 32.2 Å². The number of amides is 2. The van der Waals surface area contributed by atoms with Crippen LogP contribution in [-0.2, 0) is 10.0 Å². The van der Waals surface area contributed by atoms with Crippen LogP contribution in [0.3, 0.4) is 0 Å². The minimum Gasteiger partial charge on any atom is -0.363 e. The van der Waals surface area contributed by atoms with E-state index in [2.05, 4.69) is 15.0 Å². The highest BCUT2D eigenvalue weighted by atomic mass is 32.2. The normalized spacial score (nSPS) is 17.7. The third kappa shape index (κ3) is 2.99. The number of piperazine rings is 1. The summed E-state index contributed by atoms with van der Waals surface area (Å²) in [6.07, 6.45) is 2.52. The molecule has 1 aliphatic heterocycles. The van der Waals surface area contributed by atoms with Crippen LogP contribution in [0.25, 0.3) is 0 Å². The van der Waals surface area contributed by atoms with E-state index >= 15 is 0 Å². The molecule has 9 heteroatoms. The molecule has 2 heterocycles. The van der Waals surface area contributed by atoms with E-state index in [0.29, 0.717) is 32.0 Å². The predicted octanol–water partition coefficient (Wildman–Crippen LogP) is -0.216. The first-order valence-corrected chi connectivity index (χ1v) is 7.23. The Hall–Kier alpha value is -1.61. The van der Waals surface area contributed by atoms with E-state index in [1.54, 1.807) is 0 Å². The van der Waals surface area contributed by atoms with Crippen LogP contribution < -0.4 is 5.32 Å². The van der Waals surface area contributed by atoms with Gasteiger partial charge in [-0.1, -0.05) is 5.16 Å². The van der Waals surface area contributed by atoms with Gasteiger partial charge < -0.3 is 9.42 Å². The number of carbonyl (C=O) groups is 1. The molecule has 1 aromatic heterocycles. The molecule has 0 unspecified atom stereocenters. The van der Waals surface area contributed by atoms with E-state index < -0.39 is 10.0 Å². The number of carbonyl (C=O) groups excluding carboxylic acids is 1. The highest BCUT2D eigenvalue weighted by Gasteiger charge is 2.26. The van der Waals surface area contributed by atoms with Gasteiger partial charge in [-0.15, -0.1) is 0 Å². The summed E-state index contributed by atoms with van der Waals surface area (Å²) in [6.45, 7) is 1.34. The first-order valence-electron chi connectivity index (χ1n) is 5.38. The number of hydrogen-bond acceptors (Lipinski definition) is 5. The first kappa shape index (κ1) is 12.8. The average molecular weight is 274 g/mol. The number of anilines is 1. The van der Waals surface area contributed by atoms with E-state index in [0.717, 1.165) is 6.26 Å². The molecule has 0 bridgehead atoms. The molecule has 2 rings (SSSR count). The van der Waals surface area contributed by atoms with E-state index in [4.69, 9.17) is 0 Å². The Morgan fingerprint density at radius 1 is 1.39 bits per heavy atom. The van der Waals surface area contributed by atoms with Gasteiger partial charge in [0.2, 0.25) is 10.0 Å². The zero-order chi connectivity index (χ0) is 13.2. The van der Waals surface area contributed by atoms with Crippen molar-refractivity contribution in [2.24, 2.45) is 0 Å². The smallest absolute Gasteiger partial charge is 0.323 e. The van der Waals surface area contributed by atoms with Gasteiger partial charge in [-0.2, -0.15) is 4.31 Å². The maximum absolute atomic E-state index is 11.8. The van der Waals surface area contributed by atoms with E-state index in [1.807, 2.05) is 0 Å². The summed E-state index contributed by atoms with van der Waals surface area (Å²) in [4.78, 5) is 13.3. The van der Waals surface area contributed by atoms with E-state index in [-0.39, 0.29) is 6.03 Å². The van der Waals surface area contributed by atoms with Crippen LogP contribution in [0.15, 0.2) is 16.9 Å². The molecule has 1 aliphatic rings. The minimum absolute atomic E-state index is 0.308. The van der Waals surface area contributed by atoms with Crippen molar-refractivity contribution < 1.29 is 17.7 Å². The Morgan fingerprint density at radius 2 is 2.06 bits per heavy atom. The molecule has 1 aromatic rings. The molecular formula is C9H14N4O4S.